The molecule has 4 heteroatoms. The zero-order valence-corrected chi connectivity index (χ0v) is 16.1. The Morgan fingerprint density at radius 2 is 1.92 bits per heavy atom. The molecule has 26 heavy (non-hydrogen) atoms. The lowest BCUT2D eigenvalue weighted by molar-refractivity contribution is 0.611. The second kappa shape index (κ2) is 6.95. The number of hydrogen-bond donors (Lipinski definition) is 1. The van der Waals surface area contributed by atoms with Gasteiger partial charge in [0.25, 0.3) is 0 Å². The summed E-state index contributed by atoms with van der Waals surface area (Å²) in [5.41, 5.74) is 5.53. The molecule has 0 saturated heterocycles. The summed E-state index contributed by atoms with van der Waals surface area (Å²) in [4.78, 5) is 6.14. The topological polar surface area (TPSA) is 24.9 Å². The van der Waals surface area contributed by atoms with E-state index >= 15 is 0 Å². The monoisotopic (exact) mass is 376 g/mol. The van der Waals surface area contributed by atoms with E-state index in [9.17, 15) is 0 Å². The molecule has 1 N–H and O–H groups in total. The maximum Gasteiger partial charge on any atom is 0.108 e. The minimum atomic E-state index is 0.230. The Morgan fingerprint density at radius 3 is 2.81 bits per heavy atom. The van der Waals surface area contributed by atoms with Crippen molar-refractivity contribution in [2.45, 2.75) is 31.8 Å². The zero-order chi connectivity index (χ0) is 17.3. The van der Waals surface area contributed by atoms with Gasteiger partial charge in [0.15, 0.2) is 0 Å². The van der Waals surface area contributed by atoms with Crippen LogP contribution in [-0.2, 0) is 19.4 Å². The summed E-state index contributed by atoms with van der Waals surface area (Å²) in [6.07, 6.45) is 3.75. The summed E-state index contributed by atoms with van der Waals surface area (Å²) in [5, 5.41) is 7.07. The third-order valence-corrected chi connectivity index (χ3v) is 7.05. The molecule has 2 aromatic heterocycles. The van der Waals surface area contributed by atoms with Crippen LogP contribution in [0.25, 0.3) is 10.2 Å². The molecular weight excluding hydrogens is 356 g/mol. The largest absolute Gasteiger partial charge is 0.299 e. The van der Waals surface area contributed by atoms with Crippen molar-refractivity contribution in [1.29, 1.82) is 0 Å². The normalized spacial score (nSPS) is 14.6. The van der Waals surface area contributed by atoms with Crippen LogP contribution in [0.5, 0.6) is 0 Å². The summed E-state index contributed by atoms with van der Waals surface area (Å²) in [6.45, 7) is 0.791. The van der Waals surface area contributed by atoms with Crippen LogP contribution in [0.15, 0.2) is 60.0 Å². The van der Waals surface area contributed by atoms with Crippen molar-refractivity contribution in [1.82, 2.24) is 10.3 Å². The molecule has 0 spiro atoms. The first-order chi connectivity index (χ1) is 12.9. The maximum absolute atomic E-state index is 4.78. The SMILES string of the molecule is c1csc([C@H](NCc2nc3ccccc3s2)c2ccc3c(c2)CCC3)c1. The van der Waals surface area contributed by atoms with Crippen LogP contribution in [0.1, 0.15) is 39.0 Å². The molecule has 2 aromatic carbocycles. The van der Waals surface area contributed by atoms with E-state index in [1.807, 2.05) is 11.3 Å². The number of nitrogens with zero attached hydrogens (tertiary/aromatic N) is 1. The molecule has 0 aliphatic heterocycles. The Kier molecular flexibility index (Phi) is 4.33. The molecule has 2 heterocycles. The maximum atomic E-state index is 4.78. The van der Waals surface area contributed by atoms with Gasteiger partial charge < -0.3 is 0 Å². The van der Waals surface area contributed by atoms with Crippen molar-refractivity contribution >= 4 is 32.9 Å². The number of hydrogen-bond acceptors (Lipinski definition) is 4. The molecule has 0 amide bonds. The molecular formula is C22H20N2S2. The van der Waals surface area contributed by atoms with Crippen LogP contribution < -0.4 is 5.32 Å². The molecule has 0 bridgehead atoms. The number of nitrogens with one attached hydrogen (secondary N) is 1. The van der Waals surface area contributed by atoms with Crippen molar-refractivity contribution < 1.29 is 0 Å². The molecule has 1 aliphatic carbocycles. The average molecular weight is 377 g/mol. The fourth-order valence-corrected chi connectivity index (χ4v) is 5.54. The molecule has 5 rings (SSSR count). The van der Waals surface area contributed by atoms with Gasteiger partial charge in [-0.15, -0.1) is 22.7 Å². The fraction of sp³-hybridized carbons (Fsp3) is 0.227. The zero-order valence-electron chi connectivity index (χ0n) is 14.4. The van der Waals surface area contributed by atoms with Crippen molar-refractivity contribution in [2.24, 2.45) is 0 Å². The van der Waals surface area contributed by atoms with Gasteiger partial charge in [-0.1, -0.05) is 36.4 Å². The van der Waals surface area contributed by atoms with Crippen molar-refractivity contribution in [3.8, 4) is 0 Å². The van der Waals surface area contributed by atoms with Gasteiger partial charge in [-0.25, -0.2) is 4.98 Å². The van der Waals surface area contributed by atoms with E-state index in [4.69, 9.17) is 4.98 Å². The lowest BCUT2D eigenvalue weighted by Gasteiger charge is -2.18. The van der Waals surface area contributed by atoms with E-state index in [0.717, 1.165) is 17.1 Å². The number of thiazole rings is 1. The summed E-state index contributed by atoms with van der Waals surface area (Å²) in [6, 6.07) is 20.0. The predicted octanol–water partition coefficient (Wildman–Crippen LogP) is 5.73. The van der Waals surface area contributed by atoms with Gasteiger partial charge in [-0.3, -0.25) is 5.32 Å². The van der Waals surface area contributed by atoms with E-state index in [0.29, 0.717) is 0 Å². The number of aromatic nitrogens is 1. The van der Waals surface area contributed by atoms with Crippen LogP contribution >= 0.6 is 22.7 Å². The number of benzene rings is 2. The van der Waals surface area contributed by atoms with E-state index in [-0.39, 0.29) is 6.04 Å². The van der Waals surface area contributed by atoms with Crippen molar-refractivity contribution in [3.63, 3.8) is 0 Å². The first-order valence-electron chi connectivity index (χ1n) is 9.10. The third kappa shape index (κ3) is 3.09. The molecule has 1 aliphatic rings. The average Bonchev–Trinajstić information content (AvgIpc) is 3.41. The molecule has 4 aromatic rings. The van der Waals surface area contributed by atoms with Crippen LogP contribution in [0, 0.1) is 0 Å². The Labute approximate surface area is 161 Å². The summed E-state index contributed by atoms with van der Waals surface area (Å²) >= 11 is 3.60. The van der Waals surface area contributed by atoms with Gasteiger partial charge >= 0.3 is 0 Å². The van der Waals surface area contributed by atoms with E-state index in [1.165, 1.54) is 45.5 Å². The molecule has 2 nitrogen and oxygen atoms in total. The van der Waals surface area contributed by atoms with Gasteiger partial charge in [-0.05, 0) is 59.5 Å². The predicted molar refractivity (Wildman–Crippen MR) is 111 cm³/mol. The number of thiophene rings is 1. The molecule has 0 saturated carbocycles. The van der Waals surface area contributed by atoms with Gasteiger partial charge in [0.1, 0.15) is 5.01 Å². The highest BCUT2D eigenvalue weighted by atomic mass is 32.1. The van der Waals surface area contributed by atoms with Crippen LogP contribution in [0.2, 0.25) is 0 Å². The van der Waals surface area contributed by atoms with Gasteiger partial charge in [0.05, 0.1) is 16.3 Å². The number of para-hydroxylation sites is 1. The highest BCUT2D eigenvalue weighted by Gasteiger charge is 2.19. The summed E-state index contributed by atoms with van der Waals surface area (Å²) < 4.78 is 1.26. The van der Waals surface area contributed by atoms with Crippen molar-refractivity contribution in [2.75, 3.05) is 0 Å². The third-order valence-electron chi connectivity index (χ3n) is 5.08. The van der Waals surface area contributed by atoms with Crippen LogP contribution in [0.3, 0.4) is 0 Å². The van der Waals surface area contributed by atoms with Crippen LogP contribution in [0.4, 0.5) is 0 Å². The first-order valence-corrected chi connectivity index (χ1v) is 10.8. The Balaban J connectivity index is 1.43. The first kappa shape index (κ1) is 16.2. The summed E-state index contributed by atoms with van der Waals surface area (Å²) in [5.74, 6) is 0. The van der Waals surface area contributed by atoms with E-state index in [1.54, 1.807) is 11.3 Å². The molecule has 0 radical (unpaired) electrons. The lowest BCUT2D eigenvalue weighted by atomic mass is 10.00. The highest BCUT2D eigenvalue weighted by molar-refractivity contribution is 7.18. The number of rotatable bonds is 5. The second-order valence-corrected chi connectivity index (χ2v) is 8.88. The standard InChI is InChI=1S/C22H20N2S2/c1-2-8-19-18(7-1)24-21(26-19)14-23-22(20-9-4-12-25-20)17-11-10-15-5-3-6-16(15)13-17/h1-2,4,7-13,22-23H,3,5-6,14H2/t22-/m1/s1. The highest BCUT2D eigenvalue weighted by Crippen LogP contribution is 2.31. The van der Waals surface area contributed by atoms with Crippen LogP contribution in [-0.4, -0.2) is 4.98 Å². The Morgan fingerprint density at radius 1 is 1.00 bits per heavy atom. The summed E-state index contributed by atoms with van der Waals surface area (Å²) in [7, 11) is 0. The Hall–Kier alpha value is -2.01. The number of fused-ring (bicyclic) bond motifs is 2. The van der Waals surface area contributed by atoms with E-state index in [2.05, 4.69) is 65.3 Å². The molecule has 1 atom stereocenters. The fourth-order valence-electron chi connectivity index (χ4n) is 3.79. The quantitative estimate of drug-likeness (QED) is 0.481. The molecule has 0 fully saturated rings. The van der Waals surface area contributed by atoms with E-state index < -0.39 is 0 Å². The van der Waals surface area contributed by atoms with Gasteiger partial charge in [-0.2, -0.15) is 0 Å². The Bertz CT molecular complexity index is 1000. The minimum Gasteiger partial charge on any atom is -0.299 e. The number of aryl methyl sites for hydroxylation is 2. The lowest BCUT2D eigenvalue weighted by Crippen LogP contribution is -2.21. The smallest absolute Gasteiger partial charge is 0.108 e. The second-order valence-electron chi connectivity index (χ2n) is 6.79. The molecule has 0 unspecified atom stereocenters. The minimum absolute atomic E-state index is 0.230. The van der Waals surface area contributed by atoms with Crippen molar-refractivity contribution in [3.05, 3.63) is 86.6 Å². The molecule has 130 valence electrons. The van der Waals surface area contributed by atoms with Gasteiger partial charge in [0, 0.05) is 11.4 Å². The van der Waals surface area contributed by atoms with Gasteiger partial charge in [0.2, 0.25) is 0 Å².